The fourth-order valence-electron chi connectivity index (χ4n) is 3.30. The third kappa shape index (κ3) is 3.84. The second kappa shape index (κ2) is 8.56. The van der Waals surface area contributed by atoms with Gasteiger partial charge >= 0.3 is 0 Å². The number of hydrogen-bond acceptors (Lipinski definition) is 7. The smallest absolute Gasteiger partial charge is 0.284 e. The quantitative estimate of drug-likeness (QED) is 0.430. The highest BCUT2D eigenvalue weighted by molar-refractivity contribution is 9.10. The number of para-hydroxylation sites is 1. The molecule has 0 saturated carbocycles. The van der Waals surface area contributed by atoms with Crippen molar-refractivity contribution in [3.63, 3.8) is 0 Å². The number of anilines is 2. The lowest BCUT2D eigenvalue weighted by Crippen LogP contribution is -2.32. The zero-order valence-corrected chi connectivity index (χ0v) is 19.1. The third-order valence-electron chi connectivity index (χ3n) is 4.75. The number of halogens is 2. The van der Waals surface area contributed by atoms with Gasteiger partial charge in [-0.2, -0.15) is 15.1 Å². The summed E-state index contributed by atoms with van der Waals surface area (Å²) in [6.45, 7) is 2.80. The maximum atomic E-state index is 13.4. The Bertz CT molecular complexity index is 1310. The molecule has 0 atom stereocenters. The average Bonchev–Trinajstić information content (AvgIpc) is 3.15. The lowest BCUT2D eigenvalue weighted by Gasteiger charge is -2.25. The van der Waals surface area contributed by atoms with Crippen LogP contribution in [0.1, 0.15) is 12.7 Å². The minimum absolute atomic E-state index is 0.0783. The molecule has 31 heavy (non-hydrogen) atoms. The van der Waals surface area contributed by atoms with Crippen LogP contribution in [0.5, 0.6) is 5.88 Å². The molecule has 0 saturated heterocycles. The van der Waals surface area contributed by atoms with E-state index in [1.807, 2.05) is 42.2 Å². The molecule has 0 aliphatic carbocycles. The maximum absolute atomic E-state index is 13.4. The predicted octanol–water partition coefficient (Wildman–Crippen LogP) is 3.31. The van der Waals surface area contributed by atoms with E-state index in [0.29, 0.717) is 44.8 Å². The highest BCUT2D eigenvalue weighted by atomic mass is 79.9. The summed E-state index contributed by atoms with van der Waals surface area (Å²) >= 11 is 9.75. The zero-order valence-electron chi connectivity index (χ0n) is 16.8. The van der Waals surface area contributed by atoms with Crippen molar-refractivity contribution in [3.05, 3.63) is 68.3 Å². The van der Waals surface area contributed by atoms with Crippen molar-refractivity contribution in [1.29, 1.82) is 0 Å². The molecule has 1 aromatic carbocycles. The largest absolute Gasteiger partial charge is 0.480 e. The summed E-state index contributed by atoms with van der Waals surface area (Å²) in [6, 6.07) is 10.9. The number of ether oxygens (including phenoxy) is 1. The van der Waals surface area contributed by atoms with E-state index in [1.54, 1.807) is 16.8 Å². The zero-order chi connectivity index (χ0) is 22.1. The Morgan fingerprint density at radius 1 is 1.23 bits per heavy atom. The van der Waals surface area contributed by atoms with Crippen molar-refractivity contribution in [2.45, 2.75) is 13.5 Å². The number of nitrogen functional groups attached to an aromatic ring is 1. The first kappa shape index (κ1) is 21.1. The summed E-state index contributed by atoms with van der Waals surface area (Å²) in [5.41, 5.74) is 6.61. The van der Waals surface area contributed by atoms with E-state index in [1.165, 1.54) is 11.6 Å². The van der Waals surface area contributed by atoms with E-state index >= 15 is 0 Å². The number of hydrogen-bond donors (Lipinski definition) is 1. The highest BCUT2D eigenvalue weighted by Crippen LogP contribution is 2.33. The molecule has 3 aromatic heterocycles. The molecule has 0 aliphatic heterocycles. The number of nitrogens with two attached hydrogens (primary N) is 1. The van der Waals surface area contributed by atoms with Crippen LogP contribution in [-0.2, 0) is 6.54 Å². The van der Waals surface area contributed by atoms with E-state index in [9.17, 15) is 4.79 Å². The van der Waals surface area contributed by atoms with Gasteiger partial charge in [0.25, 0.3) is 5.56 Å². The highest BCUT2D eigenvalue weighted by Gasteiger charge is 2.21. The molecule has 160 valence electrons. The van der Waals surface area contributed by atoms with Crippen molar-refractivity contribution < 1.29 is 4.74 Å². The lowest BCUT2D eigenvalue weighted by atomic mass is 10.3. The molecule has 0 bridgehead atoms. The van der Waals surface area contributed by atoms with Gasteiger partial charge in [0.1, 0.15) is 9.99 Å². The Labute approximate surface area is 191 Å². The van der Waals surface area contributed by atoms with Gasteiger partial charge in [-0.1, -0.05) is 29.8 Å². The average molecular weight is 505 g/mol. The Hall–Kier alpha value is -3.11. The van der Waals surface area contributed by atoms with E-state index in [0.717, 1.165) is 0 Å². The first-order chi connectivity index (χ1) is 14.9. The van der Waals surface area contributed by atoms with Crippen LogP contribution >= 0.6 is 27.5 Å². The monoisotopic (exact) mass is 503 g/mol. The van der Waals surface area contributed by atoms with Gasteiger partial charge in [-0.05, 0) is 41.1 Å². The molecule has 4 rings (SSSR count). The van der Waals surface area contributed by atoms with E-state index in [4.69, 9.17) is 22.1 Å². The topological polar surface area (TPSA) is 104 Å². The van der Waals surface area contributed by atoms with Gasteiger partial charge < -0.3 is 15.4 Å². The van der Waals surface area contributed by atoms with Crippen LogP contribution in [0.4, 0.5) is 11.8 Å². The fraction of sp³-hybridized carbons (Fsp3) is 0.200. The molecule has 0 fully saturated rings. The minimum atomic E-state index is -0.263. The number of nitrogens with zero attached hydrogens (tertiary/aromatic N) is 6. The summed E-state index contributed by atoms with van der Waals surface area (Å²) in [4.78, 5) is 23.7. The molecular formula is C20H19BrClN7O2. The second-order valence-corrected chi connectivity index (χ2v) is 7.79. The molecule has 0 aliphatic rings. The van der Waals surface area contributed by atoms with Crippen LogP contribution in [0.25, 0.3) is 11.2 Å². The molecule has 0 spiro atoms. The molecule has 11 heteroatoms. The molecular weight excluding hydrogens is 486 g/mol. The van der Waals surface area contributed by atoms with Crippen LogP contribution in [-0.4, -0.2) is 37.8 Å². The molecule has 0 radical (unpaired) electrons. The van der Waals surface area contributed by atoms with Gasteiger partial charge in [-0.25, -0.2) is 4.52 Å². The van der Waals surface area contributed by atoms with Crippen LogP contribution in [0.2, 0.25) is 5.02 Å². The minimum Gasteiger partial charge on any atom is -0.480 e. The standard InChI is InChI=1S/C20H19BrClN7O2/c1-3-27(17-15(21)18(31-2)25-20(23)24-17)11-14-26-28-10-9-13(22)16(28)19(30)29(14)12-7-5-4-6-8-12/h4-10H,3,11H2,1-2H3,(H2,23,24,25). The Balaban J connectivity index is 1.90. The van der Waals surface area contributed by atoms with Crippen LogP contribution in [0.3, 0.4) is 0 Å². The number of fused-ring (bicyclic) bond motifs is 1. The maximum Gasteiger partial charge on any atom is 0.284 e. The van der Waals surface area contributed by atoms with Gasteiger partial charge in [-0.3, -0.25) is 9.36 Å². The molecule has 3 heterocycles. The summed E-state index contributed by atoms with van der Waals surface area (Å²) < 4.78 is 8.90. The van der Waals surface area contributed by atoms with E-state index < -0.39 is 0 Å². The third-order valence-corrected chi connectivity index (χ3v) is 5.75. The van der Waals surface area contributed by atoms with Gasteiger partial charge in [-0.15, -0.1) is 0 Å². The van der Waals surface area contributed by atoms with E-state index in [-0.39, 0.29) is 18.1 Å². The predicted molar refractivity (Wildman–Crippen MR) is 123 cm³/mol. The fourth-order valence-corrected chi connectivity index (χ4v) is 4.12. The molecule has 2 N–H and O–H groups in total. The van der Waals surface area contributed by atoms with Crippen LogP contribution in [0, 0.1) is 0 Å². The summed E-state index contributed by atoms with van der Waals surface area (Å²) in [5, 5.41) is 5.02. The number of aromatic nitrogens is 5. The molecule has 4 aromatic rings. The normalized spacial score (nSPS) is 11.1. The van der Waals surface area contributed by atoms with Crippen molar-refractivity contribution in [2.24, 2.45) is 0 Å². The van der Waals surface area contributed by atoms with Crippen molar-refractivity contribution in [2.75, 3.05) is 24.3 Å². The van der Waals surface area contributed by atoms with Crippen LogP contribution in [0.15, 0.2) is 51.9 Å². The number of methoxy groups -OCH3 is 1. The van der Waals surface area contributed by atoms with Gasteiger partial charge in [0.05, 0.1) is 24.4 Å². The van der Waals surface area contributed by atoms with Gasteiger partial charge in [0.2, 0.25) is 11.8 Å². The first-order valence-corrected chi connectivity index (χ1v) is 10.6. The van der Waals surface area contributed by atoms with E-state index in [2.05, 4.69) is 31.0 Å². The summed E-state index contributed by atoms with van der Waals surface area (Å²) in [5.74, 6) is 1.43. The number of rotatable bonds is 6. The molecule has 9 nitrogen and oxygen atoms in total. The Morgan fingerprint density at radius 2 is 1.97 bits per heavy atom. The second-order valence-electron chi connectivity index (χ2n) is 6.59. The van der Waals surface area contributed by atoms with Gasteiger partial charge in [0, 0.05) is 12.7 Å². The SMILES string of the molecule is CCN(Cc1nn2ccc(Cl)c2c(=O)n1-c1ccccc1)c1nc(N)nc(OC)c1Br. The van der Waals surface area contributed by atoms with Crippen molar-refractivity contribution >= 4 is 44.8 Å². The lowest BCUT2D eigenvalue weighted by molar-refractivity contribution is 0.394. The first-order valence-electron chi connectivity index (χ1n) is 9.40. The Morgan fingerprint density at radius 3 is 2.65 bits per heavy atom. The van der Waals surface area contributed by atoms with Crippen LogP contribution < -0.4 is 20.9 Å². The van der Waals surface area contributed by atoms with Crippen molar-refractivity contribution in [3.8, 4) is 11.6 Å². The summed E-state index contributed by atoms with van der Waals surface area (Å²) in [6.07, 6.45) is 1.66. The number of benzene rings is 1. The van der Waals surface area contributed by atoms with Gasteiger partial charge in [0.15, 0.2) is 11.6 Å². The molecule has 0 unspecified atom stereocenters. The summed E-state index contributed by atoms with van der Waals surface area (Å²) in [7, 11) is 1.50. The Kier molecular flexibility index (Phi) is 5.84. The molecule has 0 amide bonds. The van der Waals surface area contributed by atoms with Crippen molar-refractivity contribution in [1.82, 2.24) is 24.1 Å².